The second-order valence-electron chi connectivity index (χ2n) is 5.26. The molecule has 2 N–H and O–H groups in total. The van der Waals surface area contributed by atoms with Crippen molar-refractivity contribution in [1.29, 1.82) is 0 Å². The maximum Gasteiger partial charge on any atom is 0.276 e. The second-order valence-corrected chi connectivity index (χ2v) is 5.26. The third-order valence-electron chi connectivity index (χ3n) is 2.92. The first-order valence-electron chi connectivity index (χ1n) is 7.11. The summed E-state index contributed by atoms with van der Waals surface area (Å²) in [7, 11) is 1.58. The van der Waals surface area contributed by atoms with E-state index in [1.54, 1.807) is 37.4 Å². The number of methoxy groups -OCH3 is 1. The molecule has 0 bridgehead atoms. The smallest absolute Gasteiger partial charge is 0.276 e. The molecule has 0 aliphatic rings. The van der Waals surface area contributed by atoms with Gasteiger partial charge < -0.3 is 15.4 Å². The van der Waals surface area contributed by atoms with E-state index in [1.165, 1.54) is 0 Å². The van der Waals surface area contributed by atoms with E-state index < -0.39 is 0 Å². The summed E-state index contributed by atoms with van der Waals surface area (Å²) in [6.45, 7) is 5.02. The molecule has 2 rings (SSSR count). The van der Waals surface area contributed by atoms with Crippen molar-refractivity contribution < 1.29 is 9.53 Å². The predicted octanol–water partition coefficient (Wildman–Crippen LogP) is 2.81. The monoisotopic (exact) mass is 300 g/mol. The van der Waals surface area contributed by atoms with E-state index in [9.17, 15) is 4.79 Å². The summed E-state index contributed by atoms with van der Waals surface area (Å²) in [5.74, 6) is 1.54. The van der Waals surface area contributed by atoms with Gasteiger partial charge in [-0.1, -0.05) is 19.9 Å². The van der Waals surface area contributed by atoms with Crippen molar-refractivity contribution in [3.63, 3.8) is 0 Å². The van der Waals surface area contributed by atoms with Crippen LogP contribution >= 0.6 is 0 Å². The molecule has 6 heteroatoms. The van der Waals surface area contributed by atoms with Gasteiger partial charge in [-0.25, -0.2) is 0 Å². The number of anilines is 2. The molecule has 0 fully saturated rings. The molecule has 0 atom stereocenters. The highest BCUT2D eigenvalue weighted by atomic mass is 16.5. The van der Waals surface area contributed by atoms with Crippen LogP contribution < -0.4 is 15.4 Å². The zero-order chi connectivity index (χ0) is 15.9. The molecule has 0 aliphatic heterocycles. The van der Waals surface area contributed by atoms with Crippen LogP contribution in [0.15, 0.2) is 36.4 Å². The molecule has 1 aromatic heterocycles. The van der Waals surface area contributed by atoms with E-state index >= 15 is 0 Å². The fraction of sp³-hybridized carbons (Fsp3) is 0.312. The average Bonchev–Trinajstić information content (AvgIpc) is 2.53. The number of hydrogen-bond donors (Lipinski definition) is 2. The van der Waals surface area contributed by atoms with Crippen LogP contribution in [0.3, 0.4) is 0 Å². The van der Waals surface area contributed by atoms with Crippen LogP contribution in [0.4, 0.5) is 11.5 Å². The van der Waals surface area contributed by atoms with E-state index in [1.807, 2.05) is 6.07 Å². The predicted molar refractivity (Wildman–Crippen MR) is 86.3 cm³/mol. The molecular weight excluding hydrogens is 280 g/mol. The van der Waals surface area contributed by atoms with Gasteiger partial charge in [0.05, 0.1) is 7.11 Å². The second kappa shape index (κ2) is 7.40. The van der Waals surface area contributed by atoms with Crippen molar-refractivity contribution in [2.45, 2.75) is 13.8 Å². The lowest BCUT2D eigenvalue weighted by Crippen LogP contribution is -2.15. The molecule has 2 aromatic rings. The normalized spacial score (nSPS) is 10.4. The van der Waals surface area contributed by atoms with Gasteiger partial charge in [0.1, 0.15) is 11.6 Å². The van der Waals surface area contributed by atoms with E-state index in [2.05, 4.69) is 34.7 Å². The Morgan fingerprint density at radius 3 is 2.68 bits per heavy atom. The molecule has 0 unspecified atom stereocenters. The Balaban J connectivity index is 2.00. The van der Waals surface area contributed by atoms with Crippen molar-refractivity contribution in [2.75, 3.05) is 24.3 Å². The zero-order valence-electron chi connectivity index (χ0n) is 13.0. The number of nitrogens with zero attached hydrogens (tertiary/aromatic N) is 2. The summed E-state index contributed by atoms with van der Waals surface area (Å²) in [6.07, 6.45) is 0. The number of rotatable bonds is 6. The Labute approximate surface area is 129 Å². The standard InChI is InChI=1S/C16H20N4O2/c1-11(2)10-17-15-8-7-14(19-20-15)16(21)18-12-5-4-6-13(9-12)22-3/h4-9,11H,10H2,1-3H3,(H,17,20)(H,18,21). The van der Waals surface area contributed by atoms with Crippen molar-refractivity contribution in [1.82, 2.24) is 10.2 Å². The molecule has 1 amide bonds. The summed E-state index contributed by atoms with van der Waals surface area (Å²) >= 11 is 0. The number of hydrogen-bond acceptors (Lipinski definition) is 5. The molecular formula is C16H20N4O2. The largest absolute Gasteiger partial charge is 0.497 e. The number of ether oxygens (including phenoxy) is 1. The fourth-order valence-electron chi connectivity index (χ4n) is 1.75. The van der Waals surface area contributed by atoms with Crippen LogP contribution in [-0.2, 0) is 0 Å². The van der Waals surface area contributed by atoms with Crippen molar-refractivity contribution >= 4 is 17.4 Å². The minimum absolute atomic E-state index is 0.262. The molecule has 1 aromatic carbocycles. The first-order valence-corrected chi connectivity index (χ1v) is 7.11. The SMILES string of the molecule is COc1cccc(NC(=O)c2ccc(NCC(C)C)nn2)c1. The zero-order valence-corrected chi connectivity index (χ0v) is 13.0. The van der Waals surface area contributed by atoms with Gasteiger partial charge in [-0.2, -0.15) is 0 Å². The summed E-state index contributed by atoms with van der Waals surface area (Å²) in [6, 6.07) is 10.5. The average molecular weight is 300 g/mol. The Morgan fingerprint density at radius 1 is 1.23 bits per heavy atom. The lowest BCUT2D eigenvalue weighted by atomic mass is 10.2. The maximum atomic E-state index is 12.1. The molecule has 0 radical (unpaired) electrons. The summed E-state index contributed by atoms with van der Waals surface area (Å²) in [4.78, 5) is 12.1. The van der Waals surface area contributed by atoms with Crippen LogP contribution in [0.1, 0.15) is 24.3 Å². The van der Waals surface area contributed by atoms with E-state index in [4.69, 9.17) is 4.74 Å². The third-order valence-corrected chi connectivity index (χ3v) is 2.92. The minimum atomic E-state index is -0.309. The number of benzene rings is 1. The van der Waals surface area contributed by atoms with Crippen LogP contribution in [0.2, 0.25) is 0 Å². The number of amides is 1. The molecule has 0 aliphatic carbocycles. The van der Waals surface area contributed by atoms with Gasteiger partial charge in [-0.3, -0.25) is 4.79 Å². The Kier molecular flexibility index (Phi) is 5.30. The van der Waals surface area contributed by atoms with Gasteiger partial charge in [0.2, 0.25) is 0 Å². The molecule has 116 valence electrons. The number of carbonyl (C=O) groups excluding carboxylic acids is 1. The molecule has 22 heavy (non-hydrogen) atoms. The van der Waals surface area contributed by atoms with Crippen LogP contribution in [0.25, 0.3) is 0 Å². The van der Waals surface area contributed by atoms with Crippen LogP contribution in [-0.4, -0.2) is 29.8 Å². The lowest BCUT2D eigenvalue weighted by molar-refractivity contribution is 0.102. The number of carbonyl (C=O) groups is 1. The molecule has 0 spiro atoms. The van der Waals surface area contributed by atoms with Gasteiger partial charge >= 0.3 is 0 Å². The molecule has 0 saturated heterocycles. The molecule has 1 heterocycles. The summed E-state index contributed by atoms with van der Waals surface area (Å²) < 4.78 is 5.12. The van der Waals surface area contributed by atoms with Gasteiger partial charge in [-0.15, -0.1) is 10.2 Å². The maximum absolute atomic E-state index is 12.1. The van der Waals surface area contributed by atoms with E-state index in [0.29, 0.717) is 23.2 Å². The van der Waals surface area contributed by atoms with E-state index in [0.717, 1.165) is 6.54 Å². The Hall–Kier alpha value is -2.63. The van der Waals surface area contributed by atoms with Gasteiger partial charge in [0.15, 0.2) is 5.69 Å². The minimum Gasteiger partial charge on any atom is -0.497 e. The third kappa shape index (κ3) is 4.44. The van der Waals surface area contributed by atoms with Crippen molar-refractivity contribution in [3.8, 4) is 5.75 Å². The van der Waals surface area contributed by atoms with Crippen LogP contribution in [0.5, 0.6) is 5.75 Å². The number of aromatic nitrogens is 2. The topological polar surface area (TPSA) is 76.1 Å². The van der Waals surface area contributed by atoms with Gasteiger partial charge in [0, 0.05) is 18.3 Å². The lowest BCUT2D eigenvalue weighted by Gasteiger charge is -2.08. The van der Waals surface area contributed by atoms with Crippen molar-refractivity contribution in [3.05, 3.63) is 42.1 Å². The highest BCUT2D eigenvalue weighted by molar-refractivity contribution is 6.02. The van der Waals surface area contributed by atoms with Crippen molar-refractivity contribution in [2.24, 2.45) is 5.92 Å². The summed E-state index contributed by atoms with van der Waals surface area (Å²) in [5.41, 5.74) is 0.908. The first kappa shape index (κ1) is 15.8. The Morgan fingerprint density at radius 2 is 2.05 bits per heavy atom. The molecule has 0 saturated carbocycles. The fourth-order valence-corrected chi connectivity index (χ4v) is 1.75. The number of nitrogens with one attached hydrogen (secondary N) is 2. The van der Waals surface area contributed by atoms with Gasteiger partial charge in [-0.05, 0) is 30.2 Å². The Bertz CT molecular complexity index is 626. The van der Waals surface area contributed by atoms with E-state index in [-0.39, 0.29) is 11.6 Å². The highest BCUT2D eigenvalue weighted by Gasteiger charge is 2.09. The molecule has 6 nitrogen and oxygen atoms in total. The summed E-state index contributed by atoms with van der Waals surface area (Å²) in [5, 5.41) is 13.9. The van der Waals surface area contributed by atoms with Gasteiger partial charge in [0.25, 0.3) is 5.91 Å². The van der Waals surface area contributed by atoms with Crippen LogP contribution in [0, 0.1) is 5.92 Å². The first-order chi connectivity index (χ1) is 10.6. The quantitative estimate of drug-likeness (QED) is 0.858. The highest BCUT2D eigenvalue weighted by Crippen LogP contribution is 2.17.